The number of hydrogen-bond acceptors (Lipinski definition) is 7. The van der Waals surface area contributed by atoms with Crippen LogP contribution in [0.15, 0.2) is 56.9 Å². The van der Waals surface area contributed by atoms with Crippen molar-refractivity contribution in [1.29, 1.82) is 0 Å². The number of sulfonamides is 1. The van der Waals surface area contributed by atoms with E-state index in [0.717, 1.165) is 77.8 Å². The van der Waals surface area contributed by atoms with Gasteiger partial charge in [-0.25, -0.2) is 12.7 Å². The number of halogens is 1. The van der Waals surface area contributed by atoms with E-state index in [-0.39, 0.29) is 28.4 Å². The lowest BCUT2D eigenvalue weighted by molar-refractivity contribution is -0.131. The molecule has 0 N–H and O–H groups in total. The molecule has 9 nitrogen and oxygen atoms in total. The van der Waals surface area contributed by atoms with Crippen molar-refractivity contribution in [2.45, 2.75) is 108 Å². The molecule has 1 saturated carbocycles. The molecule has 1 aliphatic carbocycles. The normalized spacial score (nSPS) is 16.4. The number of aromatic nitrogens is 1. The quantitative estimate of drug-likeness (QED) is 0.0952. The van der Waals surface area contributed by atoms with Gasteiger partial charge in [-0.3, -0.25) is 14.7 Å². The lowest BCUT2D eigenvalue weighted by Gasteiger charge is -2.25. The van der Waals surface area contributed by atoms with Crippen LogP contribution in [0, 0.1) is 13.8 Å². The Labute approximate surface area is 285 Å². The molecule has 1 amide bonds. The van der Waals surface area contributed by atoms with E-state index >= 15 is 0 Å². The molecule has 5 rings (SSSR count). The summed E-state index contributed by atoms with van der Waals surface area (Å²) in [4.78, 5) is 20.7. The predicted molar refractivity (Wildman–Crippen MR) is 190 cm³/mol. The van der Waals surface area contributed by atoms with Crippen molar-refractivity contribution in [1.82, 2.24) is 10.1 Å². The summed E-state index contributed by atoms with van der Waals surface area (Å²) in [5.74, 6) is 1.33. The summed E-state index contributed by atoms with van der Waals surface area (Å²) in [7, 11) is -5.60. The average molecular weight is 699 g/mol. The van der Waals surface area contributed by atoms with E-state index in [0.29, 0.717) is 24.5 Å². The molecule has 12 heteroatoms. The molecule has 47 heavy (non-hydrogen) atoms. The van der Waals surface area contributed by atoms with Gasteiger partial charge in [0.05, 0.1) is 11.4 Å². The van der Waals surface area contributed by atoms with Crippen LogP contribution in [0.3, 0.4) is 0 Å². The van der Waals surface area contributed by atoms with Gasteiger partial charge in [-0.15, -0.1) is 0 Å². The molecule has 0 radical (unpaired) electrons. The van der Waals surface area contributed by atoms with Gasteiger partial charge in [-0.1, -0.05) is 99.0 Å². The minimum absolute atomic E-state index is 0.00472. The summed E-state index contributed by atoms with van der Waals surface area (Å²) >= 11 is 6.49. The highest BCUT2D eigenvalue weighted by Gasteiger charge is 2.49. The molecular weight excluding hydrogens is 652 g/mol. The Balaban J connectivity index is 1.44. The Kier molecular flexibility index (Phi) is 10.7. The van der Waals surface area contributed by atoms with E-state index < -0.39 is 23.6 Å². The van der Waals surface area contributed by atoms with Crippen molar-refractivity contribution in [3.8, 4) is 11.1 Å². The lowest BCUT2D eigenvalue weighted by atomic mass is 9.97. The number of ether oxygens (including phenoxy) is 1. The van der Waals surface area contributed by atoms with Crippen molar-refractivity contribution in [3.05, 3.63) is 64.4 Å². The third-order valence-electron chi connectivity index (χ3n) is 9.07. The zero-order chi connectivity index (χ0) is 34.0. The summed E-state index contributed by atoms with van der Waals surface area (Å²) < 4.78 is 41.1. The van der Waals surface area contributed by atoms with Crippen LogP contribution < -0.4 is 4.31 Å². The van der Waals surface area contributed by atoms with Crippen LogP contribution in [0.4, 0.5) is 5.82 Å². The van der Waals surface area contributed by atoms with Crippen LogP contribution in [0.1, 0.15) is 68.8 Å². The summed E-state index contributed by atoms with van der Waals surface area (Å²) in [5.41, 5.74) is 2.61. The van der Waals surface area contributed by atoms with Crippen LogP contribution in [0.25, 0.3) is 11.1 Å². The maximum absolute atomic E-state index is 14.4. The molecule has 254 valence electrons. The number of anilines is 1. The molecule has 1 aromatic heterocycles. The SMILES string of the molecule is CCCCC1=NC2(CCCC2)C(=O)N1Cc1ccc(-c2ccccc2S(=O)(=O)N(COCC[Si](C)(C)C)c2noc(C)c2Cl)c(C)c1. The predicted octanol–water partition coefficient (Wildman–Crippen LogP) is 8.36. The fraction of sp³-hybridized carbons (Fsp3) is 0.514. The number of benzene rings is 2. The number of amides is 1. The van der Waals surface area contributed by atoms with Gasteiger partial charge in [0, 0.05) is 26.7 Å². The molecule has 0 bridgehead atoms. The van der Waals surface area contributed by atoms with Crippen molar-refractivity contribution in [2.24, 2.45) is 4.99 Å². The monoisotopic (exact) mass is 698 g/mol. The standard InChI is InChI=1S/C35H47ClN4O5SSi/c1-7-8-15-31-37-35(18-11-12-19-35)34(41)39(31)23-27-16-17-28(25(2)22-27)29-13-9-10-14-30(29)46(42,43)40(24-44-20-21-47(4,5)6)33-32(36)26(3)45-38-33/h9-10,13-14,16-17,22H,7-8,11-12,15,18-21,23-24H2,1-6H3. The van der Waals surface area contributed by atoms with Gasteiger partial charge in [0.2, 0.25) is 5.82 Å². The summed E-state index contributed by atoms with van der Waals surface area (Å²) in [6.07, 6.45) is 6.52. The van der Waals surface area contributed by atoms with Crippen LogP contribution in [-0.4, -0.2) is 57.2 Å². The summed E-state index contributed by atoms with van der Waals surface area (Å²) in [5, 5.41) is 4.12. The number of rotatable bonds is 14. The number of amidine groups is 1. The second-order valence-corrected chi connectivity index (χ2v) is 21.8. The molecule has 0 atom stereocenters. The smallest absolute Gasteiger partial charge is 0.268 e. The number of carbonyl (C=O) groups excluding carboxylic acids is 1. The fourth-order valence-electron chi connectivity index (χ4n) is 6.31. The van der Waals surface area contributed by atoms with Crippen LogP contribution in [0.2, 0.25) is 30.7 Å². The number of carbonyl (C=O) groups is 1. The maximum atomic E-state index is 14.4. The Morgan fingerprint density at radius 2 is 1.81 bits per heavy atom. The van der Waals surface area contributed by atoms with Crippen molar-refractivity contribution < 1.29 is 22.5 Å². The molecule has 3 aromatic rings. The molecule has 2 aromatic carbocycles. The molecular formula is C35H47ClN4O5SSi. The topological polar surface area (TPSA) is 105 Å². The van der Waals surface area contributed by atoms with E-state index in [2.05, 4.69) is 31.7 Å². The van der Waals surface area contributed by atoms with Crippen molar-refractivity contribution in [3.63, 3.8) is 0 Å². The van der Waals surface area contributed by atoms with Crippen molar-refractivity contribution in [2.75, 3.05) is 17.6 Å². The van der Waals surface area contributed by atoms with Gasteiger partial charge in [-0.05, 0) is 61.9 Å². The number of unbranched alkanes of at least 4 members (excludes halogenated alkanes) is 1. The highest BCUT2D eigenvalue weighted by Crippen LogP contribution is 2.41. The van der Waals surface area contributed by atoms with E-state index in [4.69, 9.17) is 25.9 Å². The van der Waals surface area contributed by atoms with Crippen LogP contribution >= 0.6 is 11.6 Å². The van der Waals surface area contributed by atoms with Gasteiger partial charge >= 0.3 is 0 Å². The molecule has 1 fully saturated rings. The Morgan fingerprint density at radius 1 is 1.09 bits per heavy atom. The minimum Gasteiger partial charge on any atom is -0.360 e. The lowest BCUT2D eigenvalue weighted by Crippen LogP contribution is -2.40. The minimum atomic E-state index is -4.20. The maximum Gasteiger partial charge on any atom is 0.268 e. The largest absolute Gasteiger partial charge is 0.360 e. The third kappa shape index (κ3) is 7.53. The van der Waals surface area contributed by atoms with Crippen LogP contribution in [0.5, 0.6) is 0 Å². The third-order valence-corrected chi connectivity index (χ3v) is 13.0. The highest BCUT2D eigenvalue weighted by atomic mass is 35.5. The number of nitrogens with zero attached hydrogens (tertiary/aromatic N) is 4. The Bertz CT molecular complexity index is 1740. The Morgan fingerprint density at radius 3 is 2.45 bits per heavy atom. The highest BCUT2D eigenvalue weighted by molar-refractivity contribution is 7.93. The van der Waals surface area contributed by atoms with Gasteiger partial charge in [0.25, 0.3) is 15.9 Å². The first kappa shape index (κ1) is 35.3. The van der Waals surface area contributed by atoms with Gasteiger partial charge < -0.3 is 9.26 Å². The van der Waals surface area contributed by atoms with Crippen LogP contribution in [-0.2, 0) is 26.1 Å². The first-order valence-corrected chi connectivity index (χ1v) is 22.1. The van der Waals surface area contributed by atoms with Gasteiger partial charge in [0.1, 0.15) is 23.1 Å². The van der Waals surface area contributed by atoms with E-state index in [1.165, 1.54) is 0 Å². The molecule has 2 aliphatic rings. The van der Waals surface area contributed by atoms with Gasteiger partial charge in [-0.2, -0.15) is 0 Å². The second kappa shape index (κ2) is 14.2. The second-order valence-electron chi connectivity index (χ2n) is 14.0. The van der Waals surface area contributed by atoms with E-state index in [1.54, 1.807) is 25.1 Å². The Hall–Kier alpha value is -2.99. The fourth-order valence-corrected chi connectivity index (χ4v) is 8.80. The van der Waals surface area contributed by atoms with E-state index in [9.17, 15) is 13.2 Å². The van der Waals surface area contributed by atoms with Crippen molar-refractivity contribution >= 4 is 47.3 Å². The number of aryl methyl sites for hydroxylation is 2. The molecule has 0 unspecified atom stereocenters. The van der Waals surface area contributed by atoms with Gasteiger partial charge in [0.15, 0.2) is 5.76 Å². The number of aliphatic imine (C=N–C) groups is 1. The zero-order valence-corrected chi connectivity index (χ0v) is 31.0. The molecule has 2 heterocycles. The molecule has 1 aliphatic heterocycles. The average Bonchev–Trinajstić information content (AvgIpc) is 3.70. The molecule has 0 saturated heterocycles. The summed E-state index contributed by atoms with van der Waals surface area (Å²) in [6.45, 7) is 13.1. The van der Waals surface area contributed by atoms with E-state index in [1.807, 2.05) is 36.1 Å². The first-order chi connectivity index (χ1) is 22.3. The first-order valence-electron chi connectivity index (χ1n) is 16.6. The summed E-state index contributed by atoms with van der Waals surface area (Å²) in [6, 6.07) is 13.8. The number of hydrogen-bond donors (Lipinski definition) is 0. The zero-order valence-electron chi connectivity index (χ0n) is 28.4. The molecule has 1 spiro atoms.